The highest BCUT2D eigenvalue weighted by atomic mass is 32.2. The number of fused-ring (bicyclic) bond motifs is 1. The Morgan fingerprint density at radius 2 is 1.96 bits per heavy atom. The van der Waals surface area contributed by atoms with Crippen molar-refractivity contribution >= 4 is 41.1 Å². The lowest BCUT2D eigenvalue weighted by atomic mass is 10.2. The zero-order valence-corrected chi connectivity index (χ0v) is 15.2. The molecule has 9 heteroatoms. The topological polar surface area (TPSA) is 114 Å². The van der Waals surface area contributed by atoms with E-state index in [4.69, 9.17) is 4.74 Å². The first-order valence-corrected chi connectivity index (χ1v) is 9.13. The molecule has 8 nitrogen and oxygen atoms in total. The number of carbonyl (C=O) groups excluding carboxylic acids is 4. The van der Waals surface area contributed by atoms with E-state index in [1.807, 2.05) is 25.1 Å². The lowest BCUT2D eigenvalue weighted by Gasteiger charge is -2.23. The van der Waals surface area contributed by atoms with Crippen LogP contribution in [0.15, 0.2) is 29.2 Å². The van der Waals surface area contributed by atoms with E-state index in [-0.39, 0.29) is 24.8 Å². The van der Waals surface area contributed by atoms with E-state index in [1.165, 1.54) is 11.8 Å². The van der Waals surface area contributed by atoms with Gasteiger partial charge in [-0.05, 0) is 18.6 Å². The van der Waals surface area contributed by atoms with Gasteiger partial charge in [0.15, 0.2) is 6.61 Å². The van der Waals surface area contributed by atoms with Crippen molar-refractivity contribution in [2.24, 2.45) is 0 Å². The predicted molar refractivity (Wildman–Crippen MR) is 96.6 cm³/mol. The Labute approximate surface area is 155 Å². The van der Waals surface area contributed by atoms with E-state index in [0.29, 0.717) is 12.2 Å². The number of carbonyl (C=O) groups is 4. The monoisotopic (exact) mass is 379 g/mol. The second kappa shape index (κ2) is 9.81. The molecule has 3 N–H and O–H groups in total. The highest BCUT2D eigenvalue weighted by Crippen LogP contribution is 2.36. The Balaban J connectivity index is 1.71. The van der Waals surface area contributed by atoms with Gasteiger partial charge in [0, 0.05) is 11.4 Å². The van der Waals surface area contributed by atoms with Crippen LogP contribution in [0.1, 0.15) is 19.8 Å². The fourth-order valence-corrected chi connectivity index (χ4v) is 3.24. The van der Waals surface area contributed by atoms with Crippen LogP contribution in [0, 0.1) is 0 Å². The molecular weight excluding hydrogens is 358 g/mol. The van der Waals surface area contributed by atoms with Gasteiger partial charge in [0.25, 0.3) is 5.91 Å². The maximum absolute atomic E-state index is 12.0. The van der Waals surface area contributed by atoms with Crippen LogP contribution in [0.3, 0.4) is 0 Å². The molecule has 0 fully saturated rings. The quantitative estimate of drug-likeness (QED) is 0.572. The van der Waals surface area contributed by atoms with Crippen molar-refractivity contribution in [3.63, 3.8) is 0 Å². The summed E-state index contributed by atoms with van der Waals surface area (Å²) in [5.74, 6) is -1.80. The van der Waals surface area contributed by atoms with Gasteiger partial charge in [-0.15, -0.1) is 11.8 Å². The van der Waals surface area contributed by atoms with E-state index in [2.05, 4.69) is 16.0 Å². The molecule has 0 aromatic heterocycles. The van der Waals surface area contributed by atoms with Crippen molar-refractivity contribution in [2.45, 2.75) is 29.9 Å². The maximum Gasteiger partial charge on any atom is 0.307 e. The van der Waals surface area contributed by atoms with Crippen LogP contribution in [0.2, 0.25) is 0 Å². The number of benzene rings is 1. The molecule has 140 valence electrons. The number of thioether (sulfide) groups is 1. The van der Waals surface area contributed by atoms with Gasteiger partial charge in [0.2, 0.25) is 11.8 Å². The van der Waals surface area contributed by atoms with Gasteiger partial charge in [0.1, 0.15) is 0 Å². The Kier molecular flexibility index (Phi) is 7.46. The number of rotatable bonds is 8. The molecule has 0 radical (unpaired) electrons. The lowest BCUT2D eigenvalue weighted by molar-refractivity contribution is -0.149. The van der Waals surface area contributed by atoms with Crippen LogP contribution in [0.5, 0.6) is 0 Å². The van der Waals surface area contributed by atoms with Gasteiger partial charge >= 0.3 is 5.97 Å². The number of ether oxygens (including phenoxy) is 1. The Hall–Kier alpha value is -2.55. The van der Waals surface area contributed by atoms with Gasteiger partial charge in [-0.2, -0.15) is 0 Å². The molecule has 0 spiro atoms. The average Bonchev–Trinajstić information content (AvgIpc) is 2.63. The normalized spacial score (nSPS) is 15.4. The van der Waals surface area contributed by atoms with Crippen LogP contribution in [0.25, 0.3) is 0 Å². The van der Waals surface area contributed by atoms with Crippen molar-refractivity contribution < 1.29 is 23.9 Å². The summed E-state index contributed by atoms with van der Waals surface area (Å²) < 4.78 is 4.88. The number of amides is 3. The van der Waals surface area contributed by atoms with Crippen molar-refractivity contribution in [1.82, 2.24) is 10.6 Å². The van der Waals surface area contributed by atoms with E-state index in [1.54, 1.807) is 6.07 Å². The molecule has 3 amide bonds. The first-order chi connectivity index (χ1) is 12.5. The fraction of sp³-hybridized carbons (Fsp3) is 0.412. The lowest BCUT2D eigenvalue weighted by Crippen LogP contribution is -2.39. The molecule has 1 atom stereocenters. The zero-order chi connectivity index (χ0) is 18.9. The molecule has 1 aromatic carbocycles. The second-order valence-electron chi connectivity index (χ2n) is 5.58. The molecule has 26 heavy (non-hydrogen) atoms. The molecule has 2 rings (SSSR count). The summed E-state index contributed by atoms with van der Waals surface area (Å²) in [6, 6.07) is 7.31. The second-order valence-corrected chi connectivity index (χ2v) is 6.83. The van der Waals surface area contributed by atoms with E-state index in [0.717, 1.165) is 11.3 Å². The smallest absolute Gasteiger partial charge is 0.307 e. The molecule has 0 unspecified atom stereocenters. The predicted octanol–water partition coefficient (Wildman–Crippen LogP) is 0.675. The molecule has 1 aliphatic heterocycles. The first-order valence-electron chi connectivity index (χ1n) is 8.25. The van der Waals surface area contributed by atoms with Crippen LogP contribution >= 0.6 is 11.8 Å². The van der Waals surface area contributed by atoms with Crippen molar-refractivity contribution in [2.75, 3.05) is 25.0 Å². The summed E-state index contributed by atoms with van der Waals surface area (Å²) in [5, 5.41) is 7.10. The van der Waals surface area contributed by atoms with Crippen molar-refractivity contribution in [3.8, 4) is 0 Å². The third-order valence-corrected chi connectivity index (χ3v) is 4.72. The van der Waals surface area contributed by atoms with E-state index >= 15 is 0 Å². The third kappa shape index (κ3) is 6.07. The largest absolute Gasteiger partial charge is 0.456 e. The third-order valence-electron chi connectivity index (χ3n) is 3.44. The summed E-state index contributed by atoms with van der Waals surface area (Å²) in [4.78, 5) is 47.7. The van der Waals surface area contributed by atoms with E-state index < -0.39 is 23.7 Å². The number of hydrogen-bond acceptors (Lipinski definition) is 6. The summed E-state index contributed by atoms with van der Waals surface area (Å²) in [6.45, 7) is 1.79. The van der Waals surface area contributed by atoms with Crippen LogP contribution in [0.4, 0.5) is 5.69 Å². The van der Waals surface area contributed by atoms with Gasteiger partial charge in [-0.3, -0.25) is 19.2 Å². The average molecular weight is 379 g/mol. The summed E-state index contributed by atoms with van der Waals surface area (Å²) >= 11 is 1.28. The molecular formula is C17H21N3O5S. The number of hydrogen-bond donors (Lipinski definition) is 3. The molecule has 0 bridgehead atoms. The molecule has 0 saturated heterocycles. The number of para-hydroxylation sites is 1. The highest BCUT2D eigenvalue weighted by Gasteiger charge is 2.29. The van der Waals surface area contributed by atoms with Gasteiger partial charge < -0.3 is 20.7 Å². The number of anilines is 1. The van der Waals surface area contributed by atoms with Crippen LogP contribution in [-0.4, -0.2) is 48.6 Å². The van der Waals surface area contributed by atoms with Gasteiger partial charge in [-0.25, -0.2) is 0 Å². The minimum absolute atomic E-state index is 0.144. The first kappa shape index (κ1) is 19.8. The van der Waals surface area contributed by atoms with E-state index in [9.17, 15) is 19.2 Å². The summed E-state index contributed by atoms with van der Waals surface area (Å²) in [7, 11) is 0. The minimum Gasteiger partial charge on any atom is -0.456 e. The molecule has 1 aromatic rings. The highest BCUT2D eigenvalue weighted by molar-refractivity contribution is 8.01. The summed E-state index contributed by atoms with van der Waals surface area (Å²) in [5.41, 5.74) is 0.716. The van der Waals surface area contributed by atoms with Gasteiger partial charge in [-0.1, -0.05) is 19.1 Å². The maximum atomic E-state index is 12.0. The Bertz CT molecular complexity index is 695. The van der Waals surface area contributed by atoms with Crippen LogP contribution in [-0.2, 0) is 23.9 Å². The zero-order valence-electron chi connectivity index (χ0n) is 14.4. The molecule has 1 heterocycles. The Morgan fingerprint density at radius 3 is 2.73 bits per heavy atom. The standard InChI is InChI=1S/C17H21N3O5S/c1-2-7-18-14(21)9-19-15(22)10-25-16(23)8-13-17(24)20-11-5-3-4-6-12(11)26-13/h3-6,13H,2,7-10H2,1H3,(H,18,21)(H,19,22)(H,20,24)/t13-/m1/s1. The summed E-state index contributed by atoms with van der Waals surface area (Å²) in [6.07, 6.45) is 0.656. The molecule has 0 saturated carbocycles. The number of nitrogens with one attached hydrogen (secondary N) is 3. The fourth-order valence-electron chi connectivity index (χ4n) is 2.14. The van der Waals surface area contributed by atoms with Crippen molar-refractivity contribution in [1.29, 1.82) is 0 Å². The molecule has 0 aliphatic carbocycles. The number of esters is 1. The van der Waals surface area contributed by atoms with Crippen LogP contribution < -0.4 is 16.0 Å². The minimum atomic E-state index is -0.650. The van der Waals surface area contributed by atoms with Gasteiger partial charge in [0.05, 0.1) is 23.9 Å². The SMILES string of the molecule is CCCNC(=O)CNC(=O)COC(=O)C[C@H]1Sc2ccccc2NC1=O. The molecule has 1 aliphatic rings. The Morgan fingerprint density at radius 1 is 1.19 bits per heavy atom. The van der Waals surface area contributed by atoms with Crippen molar-refractivity contribution in [3.05, 3.63) is 24.3 Å².